The van der Waals surface area contributed by atoms with E-state index in [0.29, 0.717) is 11.8 Å². The van der Waals surface area contributed by atoms with Gasteiger partial charge < -0.3 is 0 Å². The molecule has 0 atom stereocenters. The van der Waals surface area contributed by atoms with Gasteiger partial charge in [0.2, 0.25) is 0 Å². The third-order valence-electron chi connectivity index (χ3n) is 1.30. The number of hydrogen-bond acceptors (Lipinski definition) is 0. The van der Waals surface area contributed by atoms with Crippen molar-refractivity contribution in [2.24, 2.45) is 0 Å². The second-order valence-corrected chi connectivity index (χ2v) is 2.62. The van der Waals surface area contributed by atoms with Crippen LogP contribution in [0, 0.1) is 0 Å². The van der Waals surface area contributed by atoms with Gasteiger partial charge in [0.25, 0.3) is 0 Å². The maximum absolute atomic E-state index is 5.61. The molecule has 0 saturated carbocycles. The fraction of sp³-hybridized carbons (Fsp3) is 0.250. The SMILES string of the molecule is Cl.Cl.ClCc1cccc(CCl)c1. The second kappa shape index (κ2) is 8.00. The first-order valence-corrected chi connectivity index (χ1v) is 4.13. The van der Waals surface area contributed by atoms with Crippen molar-refractivity contribution in [2.45, 2.75) is 11.8 Å². The minimum absolute atomic E-state index is 0. The maximum Gasteiger partial charge on any atom is 0.0474 e. The summed E-state index contributed by atoms with van der Waals surface area (Å²) in [6, 6.07) is 7.96. The molecule has 0 radical (unpaired) electrons. The summed E-state index contributed by atoms with van der Waals surface area (Å²) in [5.74, 6) is 1.12. The van der Waals surface area contributed by atoms with E-state index < -0.39 is 0 Å². The highest BCUT2D eigenvalue weighted by molar-refractivity contribution is 6.17. The molecule has 0 nitrogen and oxygen atoms in total. The van der Waals surface area contributed by atoms with Crippen molar-refractivity contribution in [2.75, 3.05) is 0 Å². The second-order valence-electron chi connectivity index (χ2n) is 2.09. The molecule has 1 aromatic carbocycles. The molecule has 0 aromatic heterocycles. The zero-order valence-electron chi connectivity index (χ0n) is 6.30. The highest BCUT2D eigenvalue weighted by Gasteiger charge is 1.91. The molecule has 0 aliphatic heterocycles. The van der Waals surface area contributed by atoms with Gasteiger partial charge in [0.15, 0.2) is 0 Å². The van der Waals surface area contributed by atoms with Crippen molar-refractivity contribution < 1.29 is 0 Å². The first-order valence-electron chi connectivity index (χ1n) is 3.06. The topological polar surface area (TPSA) is 0 Å². The van der Waals surface area contributed by atoms with E-state index in [4.69, 9.17) is 23.2 Å². The lowest BCUT2D eigenvalue weighted by Gasteiger charge is -1.96. The predicted molar refractivity (Wildman–Crippen MR) is 60.1 cm³/mol. The minimum atomic E-state index is 0. The molecule has 12 heavy (non-hydrogen) atoms. The quantitative estimate of drug-likeness (QED) is 0.693. The molecule has 0 amide bonds. The minimum Gasteiger partial charge on any atom is -0.147 e. The largest absolute Gasteiger partial charge is 0.147 e. The average Bonchev–Trinajstić information content (AvgIpc) is 2.05. The molecule has 0 unspecified atom stereocenters. The highest BCUT2D eigenvalue weighted by atomic mass is 35.5. The molecule has 0 bridgehead atoms. The van der Waals surface area contributed by atoms with Gasteiger partial charge in [-0.1, -0.05) is 24.3 Å². The Morgan fingerprint density at radius 2 is 1.33 bits per heavy atom. The summed E-state index contributed by atoms with van der Waals surface area (Å²) in [4.78, 5) is 0. The van der Waals surface area contributed by atoms with Gasteiger partial charge in [-0.25, -0.2) is 0 Å². The lowest BCUT2D eigenvalue weighted by Crippen LogP contribution is -1.80. The third kappa shape index (κ3) is 4.42. The van der Waals surface area contributed by atoms with Crippen molar-refractivity contribution in [1.82, 2.24) is 0 Å². The molecular weight excluding hydrogens is 238 g/mol. The van der Waals surface area contributed by atoms with Crippen LogP contribution in [0.4, 0.5) is 0 Å². The standard InChI is InChI=1S/C8H8Cl2.2ClH/c9-5-7-2-1-3-8(4-7)6-10;;/h1-4H,5-6H2;2*1H. The summed E-state index contributed by atoms with van der Waals surface area (Å²) >= 11 is 11.2. The van der Waals surface area contributed by atoms with Crippen LogP contribution in [0.2, 0.25) is 0 Å². The Morgan fingerprint density at radius 1 is 0.917 bits per heavy atom. The molecular formula is C8H10Cl4. The van der Waals surface area contributed by atoms with Gasteiger partial charge in [-0.05, 0) is 11.1 Å². The van der Waals surface area contributed by atoms with Crippen LogP contribution >= 0.6 is 48.0 Å². The lowest BCUT2D eigenvalue weighted by atomic mass is 10.2. The monoisotopic (exact) mass is 246 g/mol. The summed E-state index contributed by atoms with van der Waals surface area (Å²) < 4.78 is 0. The Hall–Kier alpha value is 0.380. The normalized spacial score (nSPS) is 8.17. The Balaban J connectivity index is 0. The van der Waals surface area contributed by atoms with Crippen LogP contribution in [0.25, 0.3) is 0 Å². The van der Waals surface area contributed by atoms with Crippen molar-refractivity contribution in [3.05, 3.63) is 35.4 Å². The number of rotatable bonds is 2. The Bertz CT molecular complexity index is 193. The molecule has 0 fully saturated rings. The van der Waals surface area contributed by atoms with Gasteiger partial charge in [-0.2, -0.15) is 0 Å². The fourth-order valence-electron chi connectivity index (χ4n) is 0.796. The van der Waals surface area contributed by atoms with Crippen LogP contribution in [0.1, 0.15) is 11.1 Å². The van der Waals surface area contributed by atoms with Crippen LogP contribution in [0.5, 0.6) is 0 Å². The van der Waals surface area contributed by atoms with Crippen LogP contribution in [-0.4, -0.2) is 0 Å². The summed E-state index contributed by atoms with van der Waals surface area (Å²) in [5, 5.41) is 0. The van der Waals surface area contributed by atoms with Gasteiger partial charge in [0, 0.05) is 11.8 Å². The van der Waals surface area contributed by atoms with Crippen LogP contribution in [0.15, 0.2) is 24.3 Å². The van der Waals surface area contributed by atoms with E-state index in [2.05, 4.69) is 0 Å². The first-order chi connectivity index (χ1) is 4.86. The smallest absolute Gasteiger partial charge is 0.0474 e. The summed E-state index contributed by atoms with van der Waals surface area (Å²) in [6.07, 6.45) is 0. The molecule has 4 heteroatoms. The van der Waals surface area contributed by atoms with Crippen molar-refractivity contribution >= 4 is 48.0 Å². The molecule has 1 rings (SSSR count). The summed E-state index contributed by atoms with van der Waals surface area (Å²) in [6.45, 7) is 0. The van der Waals surface area contributed by atoms with E-state index in [1.165, 1.54) is 0 Å². The predicted octanol–water partition coefficient (Wildman–Crippen LogP) is 4.01. The maximum atomic E-state index is 5.61. The van der Waals surface area contributed by atoms with E-state index in [1.807, 2.05) is 24.3 Å². The highest BCUT2D eigenvalue weighted by Crippen LogP contribution is 2.09. The van der Waals surface area contributed by atoms with E-state index in [-0.39, 0.29) is 24.8 Å². The average molecular weight is 248 g/mol. The molecule has 70 valence electrons. The van der Waals surface area contributed by atoms with Crippen molar-refractivity contribution in [1.29, 1.82) is 0 Å². The Labute approximate surface area is 95.1 Å². The van der Waals surface area contributed by atoms with Gasteiger partial charge in [0.05, 0.1) is 0 Å². The van der Waals surface area contributed by atoms with E-state index >= 15 is 0 Å². The Morgan fingerprint density at radius 3 is 1.67 bits per heavy atom. The van der Waals surface area contributed by atoms with Crippen molar-refractivity contribution in [3.8, 4) is 0 Å². The van der Waals surface area contributed by atoms with Crippen LogP contribution in [-0.2, 0) is 11.8 Å². The molecule has 0 saturated heterocycles. The van der Waals surface area contributed by atoms with Crippen LogP contribution < -0.4 is 0 Å². The summed E-state index contributed by atoms with van der Waals surface area (Å²) in [7, 11) is 0. The van der Waals surface area contributed by atoms with Gasteiger partial charge in [-0.3, -0.25) is 0 Å². The number of hydrogen-bond donors (Lipinski definition) is 0. The number of benzene rings is 1. The Kier molecular flexibility index (Phi) is 9.92. The molecule has 0 heterocycles. The lowest BCUT2D eigenvalue weighted by molar-refractivity contribution is 1.32. The van der Waals surface area contributed by atoms with Crippen molar-refractivity contribution in [3.63, 3.8) is 0 Å². The molecule has 0 N–H and O–H groups in total. The number of alkyl halides is 2. The first kappa shape index (κ1) is 14.9. The molecule has 0 aliphatic rings. The zero-order valence-corrected chi connectivity index (χ0v) is 9.44. The molecule has 1 aromatic rings. The van der Waals surface area contributed by atoms with Gasteiger partial charge >= 0.3 is 0 Å². The van der Waals surface area contributed by atoms with E-state index in [1.54, 1.807) is 0 Å². The van der Waals surface area contributed by atoms with E-state index in [9.17, 15) is 0 Å². The summed E-state index contributed by atoms with van der Waals surface area (Å²) in [5.41, 5.74) is 2.25. The molecule has 0 spiro atoms. The zero-order chi connectivity index (χ0) is 7.40. The third-order valence-corrected chi connectivity index (χ3v) is 1.92. The van der Waals surface area contributed by atoms with Crippen LogP contribution in [0.3, 0.4) is 0 Å². The fourth-order valence-corrected chi connectivity index (χ4v) is 1.13. The van der Waals surface area contributed by atoms with E-state index in [0.717, 1.165) is 11.1 Å². The van der Waals surface area contributed by atoms with Gasteiger partial charge in [0.1, 0.15) is 0 Å². The van der Waals surface area contributed by atoms with Gasteiger partial charge in [-0.15, -0.1) is 48.0 Å². The molecule has 0 aliphatic carbocycles. The number of halogens is 4.